The molecule has 24 heavy (non-hydrogen) atoms. The van der Waals surface area contributed by atoms with Gasteiger partial charge in [0.05, 0.1) is 11.5 Å². The summed E-state index contributed by atoms with van der Waals surface area (Å²) in [6.07, 6.45) is 2.01. The van der Waals surface area contributed by atoms with Crippen molar-refractivity contribution in [3.8, 4) is 0 Å². The first-order valence-corrected chi connectivity index (χ1v) is 9.54. The van der Waals surface area contributed by atoms with Gasteiger partial charge in [0.1, 0.15) is 12.4 Å². The van der Waals surface area contributed by atoms with Crippen LogP contribution in [0.5, 0.6) is 0 Å². The monoisotopic (exact) mass is 366 g/mol. The van der Waals surface area contributed by atoms with Crippen LogP contribution < -0.4 is 5.32 Å². The summed E-state index contributed by atoms with van der Waals surface area (Å²) in [5, 5.41) is 6.25. The smallest absolute Gasteiger partial charge is 0.316 e. The van der Waals surface area contributed by atoms with Gasteiger partial charge in [-0.05, 0) is 30.9 Å². The summed E-state index contributed by atoms with van der Waals surface area (Å²) in [4.78, 5) is 24.5. The zero-order valence-corrected chi connectivity index (χ0v) is 15.0. The lowest BCUT2D eigenvalue weighted by molar-refractivity contribution is -0.141. The highest BCUT2D eigenvalue weighted by Crippen LogP contribution is 2.15. The van der Waals surface area contributed by atoms with Gasteiger partial charge in [-0.15, -0.1) is 23.5 Å². The van der Waals surface area contributed by atoms with Crippen molar-refractivity contribution in [2.45, 2.75) is 18.4 Å². The summed E-state index contributed by atoms with van der Waals surface area (Å²) in [6, 6.07) is 9.45. The van der Waals surface area contributed by atoms with Gasteiger partial charge in [0.15, 0.2) is 5.82 Å². The van der Waals surface area contributed by atoms with Gasteiger partial charge in [-0.3, -0.25) is 9.59 Å². The fourth-order valence-corrected chi connectivity index (χ4v) is 2.78. The molecule has 2 rings (SSSR count). The van der Waals surface area contributed by atoms with E-state index in [4.69, 9.17) is 9.26 Å². The van der Waals surface area contributed by atoms with E-state index in [-0.39, 0.29) is 30.0 Å². The Morgan fingerprint density at radius 1 is 1.25 bits per heavy atom. The van der Waals surface area contributed by atoms with Crippen LogP contribution in [0.25, 0.3) is 0 Å². The molecule has 0 aliphatic heterocycles. The molecule has 0 spiro atoms. The van der Waals surface area contributed by atoms with Gasteiger partial charge in [-0.1, -0.05) is 17.3 Å². The third-order valence-electron chi connectivity index (χ3n) is 2.91. The van der Waals surface area contributed by atoms with E-state index in [9.17, 15) is 9.59 Å². The van der Waals surface area contributed by atoms with Crippen LogP contribution in [0.3, 0.4) is 0 Å². The van der Waals surface area contributed by atoms with Crippen molar-refractivity contribution < 1.29 is 18.8 Å². The van der Waals surface area contributed by atoms with Gasteiger partial charge in [0, 0.05) is 11.0 Å². The number of amides is 1. The molecule has 1 amide bonds. The van der Waals surface area contributed by atoms with Gasteiger partial charge < -0.3 is 14.6 Å². The van der Waals surface area contributed by atoms with Gasteiger partial charge >= 0.3 is 5.97 Å². The third kappa shape index (κ3) is 6.29. The normalized spacial score (nSPS) is 10.4. The number of benzene rings is 1. The molecule has 1 heterocycles. The predicted molar refractivity (Wildman–Crippen MR) is 95.2 cm³/mol. The second-order valence-corrected chi connectivity index (χ2v) is 6.74. The Bertz CT molecular complexity index is 686. The van der Waals surface area contributed by atoms with E-state index in [2.05, 4.69) is 10.5 Å². The minimum absolute atomic E-state index is 0.119. The highest BCUT2D eigenvalue weighted by molar-refractivity contribution is 8.00. The van der Waals surface area contributed by atoms with Gasteiger partial charge in [0.25, 0.3) is 0 Å². The highest BCUT2D eigenvalue weighted by Gasteiger charge is 2.09. The van der Waals surface area contributed by atoms with E-state index < -0.39 is 0 Å². The number of thioether (sulfide) groups is 2. The number of ether oxygens (including phenoxy) is 1. The fraction of sp³-hybridized carbons (Fsp3) is 0.312. The Hall–Kier alpha value is -1.93. The largest absolute Gasteiger partial charge is 0.460 e. The lowest BCUT2D eigenvalue weighted by Crippen LogP contribution is -2.16. The number of rotatable bonds is 8. The zero-order valence-electron chi connectivity index (χ0n) is 13.4. The fourth-order valence-electron chi connectivity index (χ4n) is 1.76. The number of aryl methyl sites for hydroxylation is 1. The standard InChI is InChI=1S/C16H18N2O4S2/c1-11-7-14(18-22-11)17-15(19)9-24-10-16(20)21-8-12-3-5-13(23-2)6-4-12/h3-7H,8-10H2,1-2H3,(H,17,18,19). The molecule has 2 aromatic rings. The summed E-state index contributed by atoms with van der Waals surface area (Å²) in [5.74, 6) is 0.659. The van der Waals surface area contributed by atoms with E-state index in [1.165, 1.54) is 11.8 Å². The number of nitrogens with one attached hydrogen (secondary N) is 1. The molecule has 1 aromatic heterocycles. The second-order valence-electron chi connectivity index (χ2n) is 4.87. The Morgan fingerprint density at radius 3 is 2.62 bits per heavy atom. The maximum absolute atomic E-state index is 11.7. The number of carbonyl (C=O) groups is 2. The Morgan fingerprint density at radius 2 is 2.00 bits per heavy atom. The molecule has 0 bridgehead atoms. The average Bonchev–Trinajstić information content (AvgIpc) is 2.98. The van der Waals surface area contributed by atoms with Crippen LogP contribution in [0, 0.1) is 6.92 Å². The molecular weight excluding hydrogens is 348 g/mol. The molecule has 0 aliphatic carbocycles. The lowest BCUT2D eigenvalue weighted by atomic mass is 10.2. The maximum Gasteiger partial charge on any atom is 0.316 e. The van der Waals surface area contributed by atoms with Crippen molar-refractivity contribution in [2.75, 3.05) is 23.1 Å². The zero-order chi connectivity index (χ0) is 17.4. The molecule has 128 valence electrons. The molecule has 0 saturated heterocycles. The molecule has 1 N–H and O–H groups in total. The number of nitrogens with zero attached hydrogens (tertiary/aromatic N) is 1. The SMILES string of the molecule is CSc1ccc(COC(=O)CSCC(=O)Nc2cc(C)on2)cc1. The molecule has 0 fully saturated rings. The molecule has 0 radical (unpaired) electrons. The van der Waals surface area contributed by atoms with Crippen LogP contribution >= 0.6 is 23.5 Å². The molecule has 8 heteroatoms. The minimum atomic E-state index is -0.348. The Kier molecular flexibility index (Phi) is 7.20. The van der Waals surface area contributed by atoms with Gasteiger partial charge in [0.2, 0.25) is 5.91 Å². The summed E-state index contributed by atoms with van der Waals surface area (Å²) in [6.45, 7) is 1.97. The van der Waals surface area contributed by atoms with E-state index in [1.54, 1.807) is 24.8 Å². The Balaban J connectivity index is 1.62. The quantitative estimate of drug-likeness (QED) is 0.568. The maximum atomic E-state index is 11.7. The molecule has 0 atom stereocenters. The van der Waals surface area contributed by atoms with Crippen molar-refractivity contribution in [3.05, 3.63) is 41.7 Å². The van der Waals surface area contributed by atoms with Crippen LogP contribution in [0.15, 0.2) is 39.8 Å². The number of carbonyl (C=O) groups excluding carboxylic acids is 2. The van der Waals surface area contributed by atoms with Crippen molar-refractivity contribution in [2.24, 2.45) is 0 Å². The molecule has 0 saturated carbocycles. The molecular formula is C16H18N2O4S2. The van der Waals surface area contributed by atoms with Crippen molar-refractivity contribution in [3.63, 3.8) is 0 Å². The van der Waals surface area contributed by atoms with Gasteiger partial charge in [-0.25, -0.2) is 0 Å². The molecule has 1 aromatic carbocycles. The van der Waals surface area contributed by atoms with Crippen LogP contribution in [0.2, 0.25) is 0 Å². The summed E-state index contributed by atoms with van der Waals surface area (Å²) < 4.78 is 10.0. The van der Waals surface area contributed by atoms with E-state index >= 15 is 0 Å². The van der Waals surface area contributed by atoms with Crippen molar-refractivity contribution in [1.29, 1.82) is 0 Å². The first kappa shape index (κ1) is 18.4. The van der Waals surface area contributed by atoms with Crippen LogP contribution in [-0.4, -0.2) is 34.8 Å². The van der Waals surface area contributed by atoms with Crippen LogP contribution in [-0.2, 0) is 20.9 Å². The number of hydrogen-bond acceptors (Lipinski definition) is 7. The Labute approximate surface area is 148 Å². The van der Waals surface area contributed by atoms with Crippen molar-refractivity contribution >= 4 is 41.2 Å². The third-order valence-corrected chi connectivity index (χ3v) is 4.56. The topological polar surface area (TPSA) is 81.4 Å². The van der Waals surface area contributed by atoms with E-state index in [0.29, 0.717) is 11.6 Å². The number of esters is 1. The predicted octanol–water partition coefficient (Wildman–Crippen LogP) is 3.12. The second kappa shape index (κ2) is 9.39. The summed E-state index contributed by atoms with van der Waals surface area (Å²) in [7, 11) is 0. The first-order chi connectivity index (χ1) is 11.6. The highest BCUT2D eigenvalue weighted by atomic mass is 32.2. The van der Waals surface area contributed by atoms with Crippen LogP contribution in [0.1, 0.15) is 11.3 Å². The first-order valence-electron chi connectivity index (χ1n) is 7.16. The summed E-state index contributed by atoms with van der Waals surface area (Å²) in [5.41, 5.74) is 0.935. The minimum Gasteiger partial charge on any atom is -0.460 e. The number of aromatic nitrogens is 1. The number of anilines is 1. The molecule has 0 aliphatic rings. The van der Waals surface area contributed by atoms with E-state index in [0.717, 1.165) is 10.5 Å². The average molecular weight is 366 g/mol. The molecule has 0 unspecified atom stereocenters. The van der Waals surface area contributed by atoms with E-state index in [1.807, 2.05) is 30.5 Å². The summed E-state index contributed by atoms with van der Waals surface area (Å²) >= 11 is 2.85. The lowest BCUT2D eigenvalue weighted by Gasteiger charge is -2.05. The molecule has 6 nitrogen and oxygen atoms in total. The van der Waals surface area contributed by atoms with Crippen LogP contribution in [0.4, 0.5) is 5.82 Å². The number of hydrogen-bond donors (Lipinski definition) is 1. The van der Waals surface area contributed by atoms with Gasteiger partial charge in [-0.2, -0.15) is 0 Å². The van der Waals surface area contributed by atoms with Crippen molar-refractivity contribution in [1.82, 2.24) is 5.16 Å².